The predicted octanol–water partition coefficient (Wildman–Crippen LogP) is 4.80. The van der Waals surface area contributed by atoms with Crippen LogP contribution in [0.3, 0.4) is 0 Å². The first kappa shape index (κ1) is 19.8. The lowest BCUT2D eigenvalue weighted by Crippen LogP contribution is -2.35. The number of halogens is 3. The van der Waals surface area contributed by atoms with Gasteiger partial charge in [-0.1, -0.05) is 18.2 Å². The van der Waals surface area contributed by atoms with Gasteiger partial charge in [-0.2, -0.15) is 13.2 Å². The summed E-state index contributed by atoms with van der Waals surface area (Å²) in [5.74, 6) is 0.820. The van der Waals surface area contributed by atoms with Crippen LogP contribution in [0.1, 0.15) is 42.4 Å². The Hall–Kier alpha value is -2.54. The summed E-state index contributed by atoms with van der Waals surface area (Å²) in [6.07, 6.45) is -2.96. The van der Waals surface area contributed by atoms with Gasteiger partial charge in [-0.25, -0.2) is 0 Å². The number of hydrogen-bond acceptors (Lipinski definition) is 3. The molecule has 2 heterocycles. The molecule has 1 unspecified atom stereocenters. The highest BCUT2D eigenvalue weighted by Gasteiger charge is 2.30. The summed E-state index contributed by atoms with van der Waals surface area (Å²) >= 11 is 0. The Bertz CT molecular complexity index is 888. The first-order valence-electron chi connectivity index (χ1n) is 9.79. The van der Waals surface area contributed by atoms with Crippen LogP contribution in [-0.4, -0.2) is 30.0 Å². The fraction of sp³-hybridized carbons (Fsp3) is 0.409. The zero-order valence-corrected chi connectivity index (χ0v) is 16.1. The van der Waals surface area contributed by atoms with Crippen LogP contribution < -0.4 is 10.1 Å². The van der Waals surface area contributed by atoms with Gasteiger partial charge in [0.25, 0.3) is 5.91 Å². The zero-order valence-electron chi connectivity index (χ0n) is 16.1. The van der Waals surface area contributed by atoms with Crippen molar-refractivity contribution < 1.29 is 22.7 Å². The molecule has 2 aliphatic heterocycles. The van der Waals surface area contributed by atoms with E-state index >= 15 is 0 Å². The second-order valence-electron chi connectivity index (χ2n) is 7.75. The molecule has 7 heteroatoms. The van der Waals surface area contributed by atoms with Crippen molar-refractivity contribution in [2.45, 2.75) is 44.5 Å². The van der Waals surface area contributed by atoms with Crippen LogP contribution in [0.5, 0.6) is 5.75 Å². The van der Waals surface area contributed by atoms with Gasteiger partial charge < -0.3 is 10.1 Å². The number of piperidine rings is 1. The SMILES string of the molecule is CC1Oc2ccc(CN3CCC(c4ccc(C(F)(F)F)cc4)CC3)cc2NC1=O. The third-order valence-corrected chi connectivity index (χ3v) is 5.68. The Morgan fingerprint density at radius 3 is 2.45 bits per heavy atom. The van der Waals surface area contributed by atoms with Crippen molar-refractivity contribution >= 4 is 11.6 Å². The van der Waals surface area contributed by atoms with E-state index in [4.69, 9.17) is 4.74 Å². The van der Waals surface area contributed by atoms with E-state index in [9.17, 15) is 18.0 Å². The van der Waals surface area contributed by atoms with E-state index in [-0.39, 0.29) is 11.8 Å². The van der Waals surface area contributed by atoms with Gasteiger partial charge >= 0.3 is 6.18 Å². The van der Waals surface area contributed by atoms with Crippen molar-refractivity contribution in [1.82, 2.24) is 4.90 Å². The van der Waals surface area contributed by atoms with Gasteiger partial charge in [0.1, 0.15) is 5.75 Å². The Morgan fingerprint density at radius 2 is 1.79 bits per heavy atom. The number of carbonyl (C=O) groups is 1. The molecular formula is C22H23F3N2O2. The van der Waals surface area contributed by atoms with E-state index in [1.165, 1.54) is 12.1 Å². The number of nitrogens with one attached hydrogen (secondary N) is 1. The van der Waals surface area contributed by atoms with Gasteiger partial charge in [-0.3, -0.25) is 9.69 Å². The number of anilines is 1. The summed E-state index contributed by atoms with van der Waals surface area (Å²) in [6.45, 7) is 4.23. The van der Waals surface area contributed by atoms with Crippen LogP contribution in [0.25, 0.3) is 0 Å². The number of ether oxygens (including phenoxy) is 1. The third-order valence-electron chi connectivity index (χ3n) is 5.68. The van der Waals surface area contributed by atoms with Crippen LogP contribution in [0.15, 0.2) is 42.5 Å². The van der Waals surface area contributed by atoms with Gasteiger partial charge in [0.2, 0.25) is 0 Å². The van der Waals surface area contributed by atoms with Crippen LogP contribution in [-0.2, 0) is 17.5 Å². The standard InChI is InChI=1S/C22H23F3N2O2/c1-14-21(28)26-19-12-15(2-7-20(19)29-14)13-27-10-8-17(9-11-27)16-3-5-18(6-4-16)22(23,24)25/h2-7,12,14,17H,8-11,13H2,1H3,(H,26,28). The summed E-state index contributed by atoms with van der Waals surface area (Å²) in [6, 6.07) is 11.4. The smallest absolute Gasteiger partial charge is 0.416 e. The molecule has 0 bridgehead atoms. The number of carbonyl (C=O) groups excluding carboxylic acids is 1. The van der Waals surface area contributed by atoms with E-state index in [0.717, 1.165) is 43.6 Å². The van der Waals surface area contributed by atoms with E-state index < -0.39 is 17.8 Å². The van der Waals surface area contributed by atoms with Crippen molar-refractivity contribution in [2.24, 2.45) is 0 Å². The molecule has 154 valence electrons. The van der Waals surface area contributed by atoms with Crippen LogP contribution in [0.2, 0.25) is 0 Å². The van der Waals surface area contributed by atoms with Crippen molar-refractivity contribution in [3.63, 3.8) is 0 Å². The molecule has 1 N–H and O–H groups in total. The number of hydrogen-bond donors (Lipinski definition) is 1. The number of alkyl halides is 3. The Morgan fingerprint density at radius 1 is 1.10 bits per heavy atom. The first-order valence-corrected chi connectivity index (χ1v) is 9.79. The van der Waals surface area contributed by atoms with Crippen LogP contribution in [0, 0.1) is 0 Å². The lowest BCUT2D eigenvalue weighted by atomic mass is 9.89. The van der Waals surface area contributed by atoms with Crippen molar-refractivity contribution in [2.75, 3.05) is 18.4 Å². The monoisotopic (exact) mass is 404 g/mol. The highest BCUT2D eigenvalue weighted by molar-refractivity contribution is 5.97. The quantitative estimate of drug-likeness (QED) is 0.799. The maximum absolute atomic E-state index is 12.7. The lowest BCUT2D eigenvalue weighted by molar-refractivity contribution is -0.137. The summed E-state index contributed by atoms with van der Waals surface area (Å²) < 4.78 is 43.8. The molecule has 4 rings (SSSR count). The molecule has 4 nitrogen and oxygen atoms in total. The molecule has 0 radical (unpaired) electrons. The first-order chi connectivity index (χ1) is 13.8. The predicted molar refractivity (Wildman–Crippen MR) is 104 cm³/mol. The number of likely N-dealkylation sites (tertiary alicyclic amines) is 1. The minimum Gasteiger partial charge on any atom is -0.479 e. The van der Waals surface area contributed by atoms with Crippen LogP contribution in [0.4, 0.5) is 18.9 Å². The largest absolute Gasteiger partial charge is 0.479 e. The molecule has 0 spiro atoms. The molecule has 1 atom stereocenters. The molecule has 1 amide bonds. The molecule has 0 aliphatic carbocycles. The number of benzene rings is 2. The maximum Gasteiger partial charge on any atom is 0.416 e. The van der Waals surface area contributed by atoms with E-state index in [1.54, 1.807) is 19.1 Å². The molecule has 0 aromatic heterocycles. The number of nitrogens with zero attached hydrogens (tertiary/aromatic N) is 1. The topological polar surface area (TPSA) is 41.6 Å². The normalized spacial score (nSPS) is 20.7. The Labute approximate surface area is 167 Å². The fourth-order valence-electron chi connectivity index (χ4n) is 3.98. The summed E-state index contributed by atoms with van der Waals surface area (Å²) in [5, 5.41) is 2.87. The third kappa shape index (κ3) is 4.40. The molecular weight excluding hydrogens is 381 g/mol. The Kier molecular flexibility index (Phi) is 5.25. The van der Waals surface area contributed by atoms with Crippen LogP contribution >= 0.6 is 0 Å². The van der Waals surface area contributed by atoms with Crippen molar-refractivity contribution in [3.8, 4) is 5.75 Å². The van der Waals surface area contributed by atoms with Gasteiger partial charge in [-0.05, 0) is 74.2 Å². The van der Waals surface area contributed by atoms with Crippen molar-refractivity contribution in [3.05, 3.63) is 59.2 Å². The maximum atomic E-state index is 12.7. The average molecular weight is 404 g/mol. The molecule has 29 heavy (non-hydrogen) atoms. The highest BCUT2D eigenvalue weighted by atomic mass is 19.4. The highest BCUT2D eigenvalue weighted by Crippen LogP contribution is 2.34. The molecule has 1 fully saturated rings. The van der Waals surface area contributed by atoms with Gasteiger partial charge in [-0.15, -0.1) is 0 Å². The second kappa shape index (κ2) is 7.71. The average Bonchev–Trinajstić information content (AvgIpc) is 2.69. The molecule has 1 saturated heterocycles. The van der Waals surface area contributed by atoms with Crippen molar-refractivity contribution in [1.29, 1.82) is 0 Å². The second-order valence-corrected chi connectivity index (χ2v) is 7.75. The van der Waals surface area contributed by atoms with Gasteiger partial charge in [0, 0.05) is 6.54 Å². The zero-order chi connectivity index (χ0) is 20.6. The molecule has 2 aromatic carbocycles. The number of fused-ring (bicyclic) bond motifs is 1. The van der Waals surface area contributed by atoms with E-state index in [2.05, 4.69) is 10.2 Å². The van der Waals surface area contributed by atoms with E-state index in [1.807, 2.05) is 18.2 Å². The Balaban J connectivity index is 1.35. The lowest BCUT2D eigenvalue weighted by Gasteiger charge is -2.32. The summed E-state index contributed by atoms with van der Waals surface area (Å²) in [7, 11) is 0. The molecule has 2 aromatic rings. The molecule has 2 aliphatic rings. The van der Waals surface area contributed by atoms with E-state index in [0.29, 0.717) is 11.4 Å². The van der Waals surface area contributed by atoms with Gasteiger partial charge in [0.05, 0.1) is 11.3 Å². The molecule has 0 saturated carbocycles. The summed E-state index contributed by atoms with van der Waals surface area (Å²) in [5.41, 5.74) is 2.16. The minimum absolute atomic E-state index is 0.146. The summed E-state index contributed by atoms with van der Waals surface area (Å²) in [4.78, 5) is 14.1. The number of rotatable bonds is 3. The fourth-order valence-corrected chi connectivity index (χ4v) is 3.98. The number of amides is 1. The minimum atomic E-state index is -4.29. The van der Waals surface area contributed by atoms with Gasteiger partial charge in [0.15, 0.2) is 6.10 Å².